The number of hydrogen-bond acceptors (Lipinski definition) is 8. The van der Waals surface area contributed by atoms with E-state index in [9.17, 15) is 19.2 Å². The van der Waals surface area contributed by atoms with Crippen LogP contribution in [0.3, 0.4) is 0 Å². The molecule has 46 heavy (non-hydrogen) atoms. The average Bonchev–Trinajstić information content (AvgIpc) is 3.01. The Balaban J connectivity index is 1.68. The summed E-state index contributed by atoms with van der Waals surface area (Å²) < 4.78 is 21.7. The highest BCUT2D eigenvalue weighted by atomic mass is 16.6. The second kappa shape index (κ2) is 13.7. The molecule has 0 spiro atoms. The Morgan fingerprint density at radius 1 is 0.391 bits per heavy atom. The summed E-state index contributed by atoms with van der Waals surface area (Å²) in [7, 11) is 0. The fraction of sp³-hybridized carbons (Fsp3) is 0.105. The maximum absolute atomic E-state index is 12.3. The van der Waals surface area contributed by atoms with Crippen molar-refractivity contribution in [1.29, 1.82) is 0 Å². The summed E-state index contributed by atoms with van der Waals surface area (Å²) in [5.41, 5.74) is 4.06. The van der Waals surface area contributed by atoms with Crippen molar-refractivity contribution in [2.75, 3.05) is 0 Å². The van der Waals surface area contributed by atoms with Crippen LogP contribution in [0.15, 0.2) is 121 Å². The Bertz CT molecular complexity index is 1960. The van der Waals surface area contributed by atoms with Gasteiger partial charge in [0.15, 0.2) is 23.0 Å². The van der Waals surface area contributed by atoms with E-state index < -0.39 is 23.9 Å². The lowest BCUT2D eigenvalue weighted by Gasteiger charge is -2.14. The predicted molar refractivity (Wildman–Crippen MR) is 177 cm³/mol. The molecule has 0 aromatic heterocycles. The van der Waals surface area contributed by atoms with Crippen LogP contribution in [0.4, 0.5) is 0 Å². The molecular weight excluding hydrogens is 584 g/mol. The summed E-state index contributed by atoms with van der Waals surface area (Å²) in [4.78, 5) is 49.0. The molecular formula is C38H32O8. The molecule has 0 saturated heterocycles. The van der Waals surface area contributed by atoms with E-state index in [0.29, 0.717) is 5.56 Å². The third-order valence-corrected chi connectivity index (χ3v) is 6.60. The zero-order valence-corrected chi connectivity index (χ0v) is 26.0. The van der Waals surface area contributed by atoms with Crippen LogP contribution in [0.1, 0.15) is 27.7 Å². The van der Waals surface area contributed by atoms with E-state index in [0.717, 1.165) is 27.5 Å². The van der Waals surface area contributed by atoms with Gasteiger partial charge in [0.25, 0.3) is 0 Å². The van der Waals surface area contributed by atoms with Gasteiger partial charge in [0, 0.05) is 22.3 Å². The molecule has 0 aliphatic heterocycles. The second-order valence-corrected chi connectivity index (χ2v) is 10.8. The fourth-order valence-electron chi connectivity index (χ4n) is 4.05. The molecule has 0 atom stereocenters. The Morgan fingerprint density at radius 2 is 0.717 bits per heavy atom. The van der Waals surface area contributed by atoms with Gasteiger partial charge in [-0.25, -0.2) is 19.2 Å². The number of benzene rings is 4. The molecule has 0 fully saturated rings. The van der Waals surface area contributed by atoms with E-state index in [1.807, 2.05) is 42.5 Å². The van der Waals surface area contributed by atoms with Gasteiger partial charge in [-0.1, -0.05) is 68.8 Å². The van der Waals surface area contributed by atoms with Crippen LogP contribution >= 0.6 is 0 Å². The third kappa shape index (κ3) is 7.73. The normalized spacial score (nSPS) is 10.4. The fourth-order valence-corrected chi connectivity index (χ4v) is 4.05. The maximum Gasteiger partial charge on any atom is 0.338 e. The zero-order chi connectivity index (χ0) is 33.7. The average molecular weight is 617 g/mol. The Morgan fingerprint density at radius 3 is 1.15 bits per heavy atom. The van der Waals surface area contributed by atoms with Gasteiger partial charge in [0.2, 0.25) is 0 Å². The van der Waals surface area contributed by atoms with Crippen LogP contribution < -0.4 is 18.9 Å². The van der Waals surface area contributed by atoms with E-state index >= 15 is 0 Å². The number of carbonyl (C=O) groups is 4. The van der Waals surface area contributed by atoms with Crippen LogP contribution in [-0.2, 0) is 19.2 Å². The summed E-state index contributed by atoms with van der Waals surface area (Å²) in [6.45, 7) is 20.5. The molecule has 0 heterocycles. The largest absolute Gasteiger partial charge is 0.419 e. The summed E-state index contributed by atoms with van der Waals surface area (Å²) >= 11 is 0. The smallest absolute Gasteiger partial charge is 0.338 e. The summed E-state index contributed by atoms with van der Waals surface area (Å²) in [5, 5.41) is 1.49. The minimum atomic E-state index is -0.657. The molecule has 8 heteroatoms. The van der Waals surface area contributed by atoms with Crippen LogP contribution in [0.5, 0.6) is 23.0 Å². The lowest BCUT2D eigenvalue weighted by Crippen LogP contribution is -2.12. The number of esters is 4. The monoisotopic (exact) mass is 616 g/mol. The van der Waals surface area contributed by atoms with Crippen molar-refractivity contribution in [3.63, 3.8) is 0 Å². The molecule has 0 bridgehead atoms. The molecule has 0 radical (unpaired) electrons. The van der Waals surface area contributed by atoms with Crippen molar-refractivity contribution in [3.8, 4) is 45.3 Å². The number of rotatable bonds is 10. The zero-order valence-electron chi connectivity index (χ0n) is 26.0. The second-order valence-electron chi connectivity index (χ2n) is 10.8. The van der Waals surface area contributed by atoms with Gasteiger partial charge in [-0.3, -0.25) is 0 Å². The number of hydrogen-bond donors (Lipinski definition) is 0. The van der Waals surface area contributed by atoms with E-state index in [1.54, 1.807) is 30.3 Å². The molecule has 4 rings (SSSR count). The van der Waals surface area contributed by atoms with Gasteiger partial charge in [-0.2, -0.15) is 0 Å². The van der Waals surface area contributed by atoms with Crippen molar-refractivity contribution in [2.24, 2.45) is 0 Å². The molecule has 8 nitrogen and oxygen atoms in total. The summed E-state index contributed by atoms with van der Waals surface area (Å²) in [5.74, 6) is -2.31. The third-order valence-electron chi connectivity index (χ3n) is 6.60. The van der Waals surface area contributed by atoms with Crippen LogP contribution in [-0.4, -0.2) is 23.9 Å². The number of fused-ring (bicyclic) bond motifs is 1. The van der Waals surface area contributed by atoms with Crippen molar-refractivity contribution in [1.82, 2.24) is 0 Å². The molecule has 0 aliphatic rings. The van der Waals surface area contributed by atoms with Gasteiger partial charge in [0.1, 0.15) is 0 Å². The maximum atomic E-state index is 12.3. The summed E-state index contributed by atoms with van der Waals surface area (Å²) in [6.07, 6.45) is 0. The standard InChI is InChI=1S/C38H32O8/c1-21(2)35(39)43-31-16-15-28(18-32(31)44-36(40)22(3)4)26-11-9-25(10-12-26)27-13-14-29-19-33(45-37(41)23(5)6)34(20-30(29)17-27)46-38(42)24(7)8/h9-20H,1,3,5,7H2,2,4,6,8H3. The molecule has 0 amide bonds. The SMILES string of the molecule is C=C(C)C(=O)Oc1ccc(-c2ccc(-c3ccc4cc(OC(=O)C(=C)C)c(OC(=O)C(=C)C)cc4c3)cc2)cc1OC(=O)C(=C)C. The minimum absolute atomic E-state index is 0.0650. The van der Waals surface area contributed by atoms with E-state index in [4.69, 9.17) is 18.9 Å². The Hall–Kier alpha value is -6.02. The molecule has 4 aromatic carbocycles. The van der Waals surface area contributed by atoms with E-state index in [2.05, 4.69) is 26.3 Å². The number of ether oxygens (including phenoxy) is 4. The quantitative estimate of drug-likeness (QED) is 0.1000. The highest BCUT2D eigenvalue weighted by Gasteiger charge is 2.18. The van der Waals surface area contributed by atoms with Gasteiger partial charge < -0.3 is 18.9 Å². The van der Waals surface area contributed by atoms with E-state index in [1.165, 1.54) is 27.7 Å². The highest BCUT2D eigenvalue weighted by molar-refractivity contribution is 5.96. The van der Waals surface area contributed by atoms with Gasteiger partial charge in [-0.05, 0) is 91.1 Å². The first-order valence-electron chi connectivity index (χ1n) is 14.1. The van der Waals surface area contributed by atoms with Crippen molar-refractivity contribution >= 4 is 34.6 Å². The predicted octanol–water partition coefficient (Wildman–Crippen LogP) is 8.10. The van der Waals surface area contributed by atoms with Crippen LogP contribution in [0.25, 0.3) is 33.0 Å². The highest BCUT2D eigenvalue weighted by Crippen LogP contribution is 2.37. The van der Waals surface area contributed by atoms with E-state index in [-0.39, 0.29) is 45.3 Å². The van der Waals surface area contributed by atoms with Crippen molar-refractivity contribution in [3.05, 3.63) is 121 Å². The first kappa shape index (κ1) is 32.9. The van der Waals surface area contributed by atoms with Crippen LogP contribution in [0, 0.1) is 0 Å². The van der Waals surface area contributed by atoms with Crippen molar-refractivity contribution < 1.29 is 38.1 Å². The molecule has 0 unspecified atom stereocenters. The van der Waals surface area contributed by atoms with Crippen LogP contribution in [0.2, 0.25) is 0 Å². The lowest BCUT2D eigenvalue weighted by molar-refractivity contribution is -0.132. The van der Waals surface area contributed by atoms with Gasteiger partial charge >= 0.3 is 23.9 Å². The molecule has 0 saturated carbocycles. The first-order valence-corrected chi connectivity index (χ1v) is 14.1. The Labute approximate surface area is 266 Å². The van der Waals surface area contributed by atoms with Gasteiger partial charge in [0.05, 0.1) is 0 Å². The molecule has 0 N–H and O–H groups in total. The molecule has 4 aromatic rings. The Kier molecular flexibility index (Phi) is 9.82. The lowest BCUT2D eigenvalue weighted by atomic mass is 9.98. The summed E-state index contributed by atoms with van der Waals surface area (Å²) in [6, 6.07) is 21.5. The molecule has 232 valence electrons. The van der Waals surface area contributed by atoms with Gasteiger partial charge in [-0.15, -0.1) is 0 Å². The topological polar surface area (TPSA) is 105 Å². The minimum Gasteiger partial charge on any atom is -0.419 e. The molecule has 0 aliphatic carbocycles. The number of carbonyl (C=O) groups excluding carboxylic acids is 4. The van der Waals surface area contributed by atoms with Crippen molar-refractivity contribution in [2.45, 2.75) is 27.7 Å². The first-order chi connectivity index (χ1) is 21.7.